The number of pyridine rings is 1. The first-order valence-electron chi connectivity index (χ1n) is 4.79. The van der Waals surface area contributed by atoms with Crippen LogP contribution >= 0.6 is 11.6 Å². The van der Waals surface area contributed by atoms with E-state index >= 15 is 0 Å². The summed E-state index contributed by atoms with van der Waals surface area (Å²) in [6.45, 7) is -1.76. The molecule has 1 heterocycles. The summed E-state index contributed by atoms with van der Waals surface area (Å²) in [5.74, 6) is 0. The van der Waals surface area contributed by atoms with Gasteiger partial charge in [0.2, 0.25) is 0 Å². The van der Waals surface area contributed by atoms with Crippen LogP contribution in [0, 0.1) is 0 Å². The molecule has 0 fully saturated rings. The Morgan fingerprint density at radius 2 is 2.18 bits per heavy atom. The number of aliphatic hydroxyl groups excluding tert-OH is 1. The van der Waals surface area contributed by atoms with Crippen molar-refractivity contribution in [2.75, 3.05) is 13.2 Å². The second kappa shape index (κ2) is 6.18. The molecule has 17 heavy (non-hydrogen) atoms. The molecule has 0 aromatic carbocycles. The van der Waals surface area contributed by atoms with Crippen molar-refractivity contribution in [2.45, 2.75) is 18.7 Å². The second-order valence-corrected chi connectivity index (χ2v) is 3.86. The first kappa shape index (κ1) is 14.2. The van der Waals surface area contributed by atoms with Crippen LogP contribution < -0.4 is 0 Å². The van der Waals surface area contributed by atoms with Crippen molar-refractivity contribution in [3.63, 3.8) is 0 Å². The quantitative estimate of drug-likeness (QED) is 0.891. The van der Waals surface area contributed by atoms with Gasteiger partial charge < -0.3 is 9.84 Å². The minimum atomic E-state index is -4.38. The lowest BCUT2D eigenvalue weighted by Gasteiger charge is -2.13. The normalized spacial score (nSPS) is 13.7. The van der Waals surface area contributed by atoms with E-state index in [4.69, 9.17) is 11.6 Å². The predicted octanol–water partition coefficient (Wildman–Crippen LogP) is 2.22. The largest absolute Gasteiger partial charge is 0.411 e. The second-order valence-electron chi connectivity index (χ2n) is 3.46. The van der Waals surface area contributed by atoms with Crippen LogP contribution in [0.15, 0.2) is 18.5 Å². The van der Waals surface area contributed by atoms with Gasteiger partial charge >= 0.3 is 6.18 Å². The van der Waals surface area contributed by atoms with Crippen molar-refractivity contribution in [3.8, 4) is 0 Å². The van der Waals surface area contributed by atoms with Crippen LogP contribution in [0.2, 0.25) is 5.02 Å². The standard InChI is InChI=1S/C10H11ClF3NO2/c11-9-4-15-2-1-7(9)3-8(16)5-17-6-10(12,13)14/h1-2,4,8,16H,3,5-6H2. The number of hydrogen-bond acceptors (Lipinski definition) is 3. The predicted molar refractivity (Wildman–Crippen MR) is 55.8 cm³/mol. The Balaban J connectivity index is 2.35. The minimum Gasteiger partial charge on any atom is -0.390 e. The van der Waals surface area contributed by atoms with Crippen molar-refractivity contribution in [1.29, 1.82) is 0 Å². The van der Waals surface area contributed by atoms with Crippen LogP contribution in [-0.4, -0.2) is 35.6 Å². The molecule has 1 atom stereocenters. The molecule has 1 aromatic rings. The fourth-order valence-corrected chi connectivity index (χ4v) is 1.39. The SMILES string of the molecule is OC(COCC(F)(F)F)Cc1ccncc1Cl. The Kier molecular flexibility index (Phi) is 5.17. The Morgan fingerprint density at radius 3 is 2.76 bits per heavy atom. The van der Waals surface area contributed by atoms with Crippen LogP contribution in [-0.2, 0) is 11.2 Å². The van der Waals surface area contributed by atoms with Gasteiger partial charge in [-0.2, -0.15) is 13.2 Å². The highest BCUT2D eigenvalue weighted by Crippen LogP contribution is 2.17. The Morgan fingerprint density at radius 1 is 1.47 bits per heavy atom. The maximum absolute atomic E-state index is 11.8. The number of aromatic nitrogens is 1. The number of alkyl halides is 3. The molecule has 3 nitrogen and oxygen atoms in total. The van der Waals surface area contributed by atoms with E-state index in [-0.39, 0.29) is 6.42 Å². The molecular formula is C10H11ClF3NO2. The first-order valence-corrected chi connectivity index (χ1v) is 5.17. The average Bonchev–Trinajstić information content (AvgIpc) is 2.19. The van der Waals surface area contributed by atoms with Gasteiger partial charge in [0, 0.05) is 18.8 Å². The zero-order valence-corrected chi connectivity index (χ0v) is 9.50. The topological polar surface area (TPSA) is 42.4 Å². The van der Waals surface area contributed by atoms with Gasteiger partial charge in [-0.1, -0.05) is 11.6 Å². The maximum Gasteiger partial charge on any atom is 0.411 e. The van der Waals surface area contributed by atoms with Crippen molar-refractivity contribution in [3.05, 3.63) is 29.0 Å². The van der Waals surface area contributed by atoms with Gasteiger partial charge in [0.15, 0.2) is 0 Å². The summed E-state index contributed by atoms with van der Waals surface area (Å²) in [7, 11) is 0. The molecule has 1 N–H and O–H groups in total. The molecule has 96 valence electrons. The van der Waals surface area contributed by atoms with E-state index in [1.807, 2.05) is 0 Å². The molecule has 7 heteroatoms. The molecule has 0 radical (unpaired) electrons. The van der Waals surface area contributed by atoms with Crippen LogP contribution in [0.1, 0.15) is 5.56 Å². The molecule has 0 saturated heterocycles. The zero-order chi connectivity index (χ0) is 12.9. The van der Waals surface area contributed by atoms with Crippen molar-refractivity contribution in [2.24, 2.45) is 0 Å². The zero-order valence-electron chi connectivity index (χ0n) is 8.75. The van der Waals surface area contributed by atoms with Crippen molar-refractivity contribution in [1.82, 2.24) is 4.98 Å². The summed E-state index contributed by atoms with van der Waals surface area (Å²) >= 11 is 5.78. The average molecular weight is 270 g/mol. The molecule has 1 rings (SSSR count). The van der Waals surface area contributed by atoms with E-state index in [0.29, 0.717) is 10.6 Å². The molecule has 0 aliphatic carbocycles. The fraction of sp³-hybridized carbons (Fsp3) is 0.500. The van der Waals surface area contributed by atoms with E-state index in [9.17, 15) is 18.3 Å². The first-order chi connectivity index (χ1) is 7.88. The molecule has 1 unspecified atom stereocenters. The lowest BCUT2D eigenvalue weighted by atomic mass is 10.1. The van der Waals surface area contributed by atoms with Crippen molar-refractivity contribution < 1.29 is 23.0 Å². The number of halogens is 4. The van der Waals surface area contributed by atoms with E-state index in [1.54, 1.807) is 6.07 Å². The van der Waals surface area contributed by atoms with E-state index in [2.05, 4.69) is 9.72 Å². The molecule has 1 aromatic heterocycles. The summed E-state index contributed by atoms with van der Waals surface area (Å²) in [5, 5.41) is 9.82. The molecule has 0 amide bonds. The van der Waals surface area contributed by atoms with Gasteiger partial charge in [-0.05, 0) is 11.6 Å². The molecule has 0 saturated carbocycles. The van der Waals surface area contributed by atoms with E-state index in [1.165, 1.54) is 12.4 Å². The minimum absolute atomic E-state index is 0.124. The van der Waals surface area contributed by atoms with E-state index < -0.39 is 25.5 Å². The van der Waals surface area contributed by atoms with Gasteiger partial charge in [-0.25, -0.2) is 0 Å². The summed E-state index contributed by atoms with van der Waals surface area (Å²) in [6.07, 6.45) is -2.39. The van der Waals surface area contributed by atoms with Crippen LogP contribution in [0.25, 0.3) is 0 Å². The summed E-state index contributed by atoms with van der Waals surface area (Å²) < 4.78 is 39.6. The molecule has 0 spiro atoms. The van der Waals surface area contributed by atoms with Crippen molar-refractivity contribution >= 4 is 11.6 Å². The van der Waals surface area contributed by atoms with Gasteiger partial charge in [0.05, 0.1) is 17.7 Å². The van der Waals surface area contributed by atoms with Gasteiger partial charge in [-0.15, -0.1) is 0 Å². The lowest BCUT2D eigenvalue weighted by molar-refractivity contribution is -0.179. The Labute approximate surface area is 101 Å². The molecular weight excluding hydrogens is 259 g/mol. The highest BCUT2D eigenvalue weighted by atomic mass is 35.5. The molecule has 0 aliphatic heterocycles. The number of nitrogens with zero attached hydrogens (tertiary/aromatic N) is 1. The number of aliphatic hydroxyl groups is 1. The lowest BCUT2D eigenvalue weighted by Crippen LogP contribution is -2.24. The third-order valence-corrected chi connectivity index (χ3v) is 2.23. The van der Waals surface area contributed by atoms with E-state index in [0.717, 1.165) is 0 Å². The molecule has 0 bridgehead atoms. The van der Waals surface area contributed by atoms with Gasteiger partial charge in [-0.3, -0.25) is 4.98 Å². The van der Waals surface area contributed by atoms with Gasteiger partial charge in [0.25, 0.3) is 0 Å². The fourth-order valence-electron chi connectivity index (χ4n) is 1.19. The maximum atomic E-state index is 11.8. The number of ether oxygens (including phenoxy) is 1. The smallest absolute Gasteiger partial charge is 0.390 e. The van der Waals surface area contributed by atoms with Crippen LogP contribution in [0.4, 0.5) is 13.2 Å². The monoisotopic (exact) mass is 269 g/mol. The molecule has 0 aliphatic rings. The third kappa shape index (κ3) is 5.86. The Hall–Kier alpha value is -0.850. The Bertz CT molecular complexity index is 360. The highest BCUT2D eigenvalue weighted by Gasteiger charge is 2.27. The third-order valence-electron chi connectivity index (χ3n) is 1.89. The highest BCUT2D eigenvalue weighted by molar-refractivity contribution is 6.31. The summed E-state index contributed by atoms with van der Waals surface area (Å²) in [5.41, 5.74) is 0.616. The summed E-state index contributed by atoms with van der Waals surface area (Å²) in [4.78, 5) is 3.75. The number of rotatable bonds is 5. The number of hydrogen-bond donors (Lipinski definition) is 1. The van der Waals surface area contributed by atoms with Crippen LogP contribution in [0.5, 0.6) is 0 Å². The van der Waals surface area contributed by atoms with Crippen LogP contribution in [0.3, 0.4) is 0 Å². The van der Waals surface area contributed by atoms with Gasteiger partial charge in [0.1, 0.15) is 6.61 Å². The summed E-state index contributed by atoms with van der Waals surface area (Å²) in [6, 6.07) is 1.59.